The van der Waals surface area contributed by atoms with Crippen molar-refractivity contribution in [3.8, 4) is 11.8 Å². The minimum absolute atomic E-state index is 0.0152. The van der Waals surface area contributed by atoms with E-state index in [2.05, 4.69) is 9.02 Å². The smallest absolute Gasteiger partial charge is 0.432 e. The van der Waals surface area contributed by atoms with E-state index < -0.39 is 62.8 Å². The molecule has 1 aromatic heterocycles. The second kappa shape index (κ2) is 7.37. The number of nitrogens with zero attached hydrogens (tertiary/aromatic N) is 1. The summed E-state index contributed by atoms with van der Waals surface area (Å²) >= 11 is 0. The monoisotopic (exact) mass is 495 g/mol. The second-order valence-corrected chi connectivity index (χ2v) is 8.99. The Kier molecular flexibility index (Phi) is 5.11. The van der Waals surface area contributed by atoms with E-state index >= 15 is 0 Å². The van der Waals surface area contributed by atoms with Crippen molar-refractivity contribution in [3.63, 3.8) is 0 Å². The van der Waals surface area contributed by atoms with Crippen LogP contribution in [0.15, 0.2) is 42.5 Å². The molecule has 178 valence electrons. The number of allylic oxidation sites excluding steroid dienone is 2. The van der Waals surface area contributed by atoms with E-state index in [0.29, 0.717) is 6.42 Å². The SMILES string of the molecule is O=C(OC(C(F)(F)F)C(F)(F)S(=O)(=O)On1c(O)c2c(c1O)C1C=CC2C1)c1ccccc1. The molecule has 2 bridgehead atoms. The van der Waals surface area contributed by atoms with Crippen LogP contribution in [0.5, 0.6) is 11.8 Å². The fraction of sp³-hybridized carbons (Fsp3) is 0.316. The highest BCUT2D eigenvalue weighted by molar-refractivity contribution is 7.88. The van der Waals surface area contributed by atoms with Crippen molar-refractivity contribution < 1.29 is 54.4 Å². The summed E-state index contributed by atoms with van der Waals surface area (Å²) in [6.45, 7) is 0. The predicted octanol–water partition coefficient (Wildman–Crippen LogP) is 3.18. The first-order valence-electron chi connectivity index (χ1n) is 9.25. The summed E-state index contributed by atoms with van der Waals surface area (Å²) in [6, 6.07) is 5.77. The molecule has 1 heterocycles. The Morgan fingerprint density at radius 2 is 1.52 bits per heavy atom. The number of alkyl halides is 5. The zero-order chi connectivity index (χ0) is 24.3. The van der Waals surface area contributed by atoms with Crippen LogP contribution >= 0.6 is 0 Å². The molecule has 3 atom stereocenters. The summed E-state index contributed by atoms with van der Waals surface area (Å²) in [5.41, 5.74) is -0.510. The molecule has 0 fully saturated rings. The van der Waals surface area contributed by atoms with E-state index in [9.17, 15) is 45.4 Å². The molecular weight excluding hydrogens is 481 g/mol. The van der Waals surface area contributed by atoms with Gasteiger partial charge in [-0.3, -0.25) is 4.28 Å². The van der Waals surface area contributed by atoms with E-state index in [4.69, 9.17) is 0 Å². The van der Waals surface area contributed by atoms with Crippen LogP contribution in [0.25, 0.3) is 0 Å². The van der Waals surface area contributed by atoms with Gasteiger partial charge in [0.2, 0.25) is 11.8 Å². The molecule has 1 aromatic carbocycles. The van der Waals surface area contributed by atoms with Gasteiger partial charge in [-0.2, -0.15) is 30.4 Å². The van der Waals surface area contributed by atoms with Crippen molar-refractivity contribution in [2.24, 2.45) is 0 Å². The highest BCUT2D eigenvalue weighted by Crippen LogP contribution is 2.56. The molecule has 8 nitrogen and oxygen atoms in total. The summed E-state index contributed by atoms with van der Waals surface area (Å²) in [6.07, 6.45) is -6.80. The van der Waals surface area contributed by atoms with Crippen LogP contribution in [-0.4, -0.2) is 46.9 Å². The number of hydrogen-bond acceptors (Lipinski definition) is 7. The maximum Gasteiger partial charge on any atom is 0.432 e. The molecule has 2 aliphatic rings. The molecule has 33 heavy (non-hydrogen) atoms. The molecule has 3 unspecified atom stereocenters. The molecule has 4 rings (SSSR count). The van der Waals surface area contributed by atoms with Crippen LogP contribution in [-0.2, 0) is 14.9 Å². The van der Waals surface area contributed by atoms with Gasteiger partial charge < -0.3 is 14.9 Å². The van der Waals surface area contributed by atoms with Crippen molar-refractivity contribution >= 4 is 16.1 Å². The van der Waals surface area contributed by atoms with Crippen LogP contribution in [0.2, 0.25) is 0 Å². The maximum absolute atomic E-state index is 14.7. The van der Waals surface area contributed by atoms with Crippen LogP contribution in [0.4, 0.5) is 22.0 Å². The maximum atomic E-state index is 14.7. The summed E-state index contributed by atoms with van der Waals surface area (Å²) in [5.74, 6) is -4.88. The van der Waals surface area contributed by atoms with Crippen LogP contribution < -0.4 is 4.28 Å². The molecule has 14 heteroatoms. The first-order valence-corrected chi connectivity index (χ1v) is 10.7. The fourth-order valence-electron chi connectivity index (χ4n) is 3.84. The first kappa shape index (κ1) is 22.9. The lowest BCUT2D eigenvalue weighted by atomic mass is 10.0. The fourth-order valence-corrected chi connectivity index (χ4v) is 4.72. The second-order valence-electron chi connectivity index (χ2n) is 7.39. The van der Waals surface area contributed by atoms with Gasteiger partial charge in [0.1, 0.15) is 0 Å². The van der Waals surface area contributed by atoms with Gasteiger partial charge in [0.25, 0.3) is 6.10 Å². The van der Waals surface area contributed by atoms with E-state index in [1.807, 2.05) is 0 Å². The van der Waals surface area contributed by atoms with Gasteiger partial charge in [-0.15, -0.1) is 0 Å². The number of aromatic hydroxyl groups is 2. The number of ether oxygens (including phenoxy) is 1. The molecule has 0 aliphatic heterocycles. The van der Waals surface area contributed by atoms with Crippen molar-refractivity contribution in [2.45, 2.75) is 35.8 Å². The quantitative estimate of drug-likeness (QED) is 0.359. The van der Waals surface area contributed by atoms with Gasteiger partial charge in [0.05, 0.1) is 5.56 Å². The molecular formula is C19H14F5NO7S. The minimum atomic E-state index is -6.58. The number of halogens is 5. The third-order valence-corrected chi connectivity index (χ3v) is 6.55. The molecule has 2 aromatic rings. The average Bonchev–Trinajstić information content (AvgIpc) is 3.41. The van der Waals surface area contributed by atoms with Gasteiger partial charge in [0, 0.05) is 23.0 Å². The van der Waals surface area contributed by atoms with Crippen LogP contribution in [0, 0.1) is 0 Å². The molecule has 2 aliphatic carbocycles. The third-order valence-electron chi connectivity index (χ3n) is 5.32. The summed E-state index contributed by atoms with van der Waals surface area (Å²) in [7, 11) is -6.58. The van der Waals surface area contributed by atoms with Crippen molar-refractivity contribution in [2.75, 3.05) is 0 Å². The molecule has 2 N–H and O–H groups in total. The Morgan fingerprint density at radius 3 is 2.00 bits per heavy atom. The van der Waals surface area contributed by atoms with Crippen molar-refractivity contribution in [1.29, 1.82) is 0 Å². The normalized spacial score (nSPS) is 20.5. The number of rotatable bonds is 6. The molecule has 0 saturated heterocycles. The minimum Gasteiger partial charge on any atom is -0.492 e. The van der Waals surface area contributed by atoms with Crippen LogP contribution in [0.1, 0.15) is 39.7 Å². The lowest BCUT2D eigenvalue weighted by molar-refractivity contribution is -0.248. The van der Waals surface area contributed by atoms with Gasteiger partial charge in [-0.25, -0.2) is 4.79 Å². The Labute approximate surface area is 182 Å². The molecule has 0 spiro atoms. The third kappa shape index (κ3) is 3.57. The number of carbonyl (C=O) groups is 1. The Hall–Kier alpha value is -3.29. The lowest BCUT2D eigenvalue weighted by Crippen LogP contribution is -2.54. The first-order chi connectivity index (χ1) is 15.3. The highest BCUT2D eigenvalue weighted by Gasteiger charge is 2.68. The van der Waals surface area contributed by atoms with Gasteiger partial charge in [0.15, 0.2) is 0 Å². The predicted molar refractivity (Wildman–Crippen MR) is 99.1 cm³/mol. The number of aromatic nitrogens is 1. The molecule has 0 radical (unpaired) electrons. The van der Waals surface area contributed by atoms with E-state index in [0.717, 1.165) is 12.1 Å². The Morgan fingerprint density at radius 1 is 1.00 bits per heavy atom. The standard InChI is InChI=1S/C19H14F5NO7S/c20-18(21,22)17(31-16(28)9-4-2-1-3-5-9)19(23,24)33(29,30)32-25-14(26)12-10-6-7-11(8-10)13(12)15(25)27/h1-7,10-11,17,26-27H,8H2. The van der Waals surface area contributed by atoms with Crippen LogP contribution in [0.3, 0.4) is 0 Å². The largest absolute Gasteiger partial charge is 0.492 e. The zero-order valence-electron chi connectivity index (χ0n) is 16.2. The van der Waals surface area contributed by atoms with E-state index in [1.54, 1.807) is 12.2 Å². The Bertz CT molecular complexity index is 1200. The number of hydrogen-bond donors (Lipinski definition) is 2. The highest BCUT2D eigenvalue weighted by atomic mass is 32.2. The zero-order valence-corrected chi connectivity index (χ0v) is 17.0. The topological polar surface area (TPSA) is 115 Å². The number of esters is 1. The number of carbonyl (C=O) groups excluding carboxylic acids is 1. The summed E-state index contributed by atoms with van der Waals surface area (Å²) in [5, 5.41) is 14.5. The van der Waals surface area contributed by atoms with E-state index in [-0.39, 0.29) is 15.9 Å². The lowest BCUT2D eigenvalue weighted by Gasteiger charge is -2.27. The van der Waals surface area contributed by atoms with Gasteiger partial charge in [-0.1, -0.05) is 35.1 Å². The van der Waals surface area contributed by atoms with Crippen molar-refractivity contribution in [3.05, 3.63) is 59.2 Å². The van der Waals surface area contributed by atoms with E-state index in [1.165, 1.54) is 18.2 Å². The van der Waals surface area contributed by atoms with Gasteiger partial charge >= 0.3 is 27.5 Å². The van der Waals surface area contributed by atoms with Crippen molar-refractivity contribution in [1.82, 2.24) is 4.73 Å². The van der Waals surface area contributed by atoms with Gasteiger partial charge in [-0.05, 0) is 18.6 Å². The number of benzene rings is 1. The Balaban J connectivity index is 1.66. The summed E-state index contributed by atoms with van der Waals surface area (Å²) in [4.78, 5) is 11.9. The average molecular weight is 495 g/mol. The molecule has 0 amide bonds. The molecule has 0 saturated carbocycles. The number of fused-ring (bicyclic) bond motifs is 5. The summed E-state index contributed by atoms with van der Waals surface area (Å²) < 4.78 is 101.